The minimum absolute atomic E-state index is 0.00866. The highest BCUT2D eigenvalue weighted by Gasteiger charge is 2.30. The van der Waals surface area contributed by atoms with Crippen LogP contribution in [0.3, 0.4) is 0 Å². The van der Waals surface area contributed by atoms with Crippen molar-refractivity contribution < 1.29 is 14.3 Å². The lowest BCUT2D eigenvalue weighted by atomic mass is 10.2. The Morgan fingerprint density at radius 2 is 1.69 bits per heavy atom. The molecular formula is C23H39N7O5. The number of carbonyl (C=O) groups is 2. The number of rotatable bonds is 8. The lowest BCUT2D eigenvalue weighted by Gasteiger charge is -2.38. The van der Waals surface area contributed by atoms with Gasteiger partial charge in [-0.15, -0.1) is 0 Å². The van der Waals surface area contributed by atoms with Gasteiger partial charge in [0.2, 0.25) is 5.91 Å². The van der Waals surface area contributed by atoms with E-state index in [0.29, 0.717) is 65.6 Å². The summed E-state index contributed by atoms with van der Waals surface area (Å²) in [6.07, 6.45) is 1.58. The van der Waals surface area contributed by atoms with E-state index < -0.39 is 11.2 Å². The maximum Gasteiger partial charge on any atom is 0.330 e. The van der Waals surface area contributed by atoms with E-state index in [-0.39, 0.29) is 35.9 Å². The van der Waals surface area contributed by atoms with Gasteiger partial charge >= 0.3 is 11.7 Å². The molecule has 1 aromatic rings. The summed E-state index contributed by atoms with van der Waals surface area (Å²) in [5, 5.41) is 0. The quantitative estimate of drug-likeness (QED) is 0.519. The average Bonchev–Trinajstić information content (AvgIpc) is 2.83. The number of hydrogen-bond donors (Lipinski definition) is 2. The predicted octanol–water partition coefficient (Wildman–Crippen LogP) is -0.0223. The fourth-order valence-corrected chi connectivity index (χ4v) is 4.39. The molecule has 0 spiro atoms. The molecule has 0 unspecified atom stereocenters. The lowest BCUT2D eigenvalue weighted by Crippen LogP contribution is -2.56. The van der Waals surface area contributed by atoms with Crippen molar-refractivity contribution in [3.63, 3.8) is 0 Å². The van der Waals surface area contributed by atoms with Gasteiger partial charge in [-0.3, -0.25) is 24.0 Å². The van der Waals surface area contributed by atoms with Gasteiger partial charge in [-0.25, -0.2) is 9.59 Å². The van der Waals surface area contributed by atoms with Crippen molar-refractivity contribution >= 4 is 23.4 Å². The fraction of sp³-hybridized carbons (Fsp3) is 0.739. The number of morpholine rings is 1. The summed E-state index contributed by atoms with van der Waals surface area (Å²) in [5.41, 5.74) is 5.08. The molecule has 0 aliphatic carbocycles. The van der Waals surface area contributed by atoms with Crippen LogP contribution < -0.4 is 21.9 Å². The normalized spacial score (nSPS) is 17.1. The molecule has 35 heavy (non-hydrogen) atoms. The maximum absolute atomic E-state index is 13.4. The van der Waals surface area contributed by atoms with Crippen LogP contribution in [0.25, 0.3) is 0 Å². The molecule has 3 rings (SSSR count). The van der Waals surface area contributed by atoms with Gasteiger partial charge in [0.1, 0.15) is 5.82 Å². The topological polar surface area (TPSA) is 137 Å². The first-order valence-electron chi connectivity index (χ1n) is 12.5. The molecule has 12 nitrogen and oxygen atoms in total. The number of nitrogens with two attached hydrogens (primary N) is 1. The van der Waals surface area contributed by atoms with Crippen molar-refractivity contribution in [2.24, 2.45) is 5.92 Å². The van der Waals surface area contributed by atoms with Crippen LogP contribution in [-0.4, -0.2) is 102 Å². The van der Waals surface area contributed by atoms with E-state index in [4.69, 9.17) is 10.5 Å². The molecule has 2 saturated heterocycles. The number of anilines is 2. The van der Waals surface area contributed by atoms with Crippen LogP contribution >= 0.6 is 0 Å². The van der Waals surface area contributed by atoms with Crippen LogP contribution in [0.4, 0.5) is 16.3 Å². The Kier molecular flexibility index (Phi) is 9.33. The van der Waals surface area contributed by atoms with Crippen molar-refractivity contribution in [1.29, 1.82) is 0 Å². The molecule has 3 N–H and O–H groups in total. The highest BCUT2D eigenvalue weighted by molar-refractivity contribution is 5.96. The number of aromatic nitrogens is 2. The molecule has 0 aromatic carbocycles. The number of piperazine rings is 1. The third-order valence-electron chi connectivity index (χ3n) is 6.35. The van der Waals surface area contributed by atoms with E-state index >= 15 is 0 Å². The van der Waals surface area contributed by atoms with Gasteiger partial charge in [0.05, 0.1) is 19.8 Å². The SMILES string of the molecule is CCCCn1c(N)c(N(CC(C)C)C(=O)CN2CCN(C(=O)N3CCOCC3)CC2)c(=O)[nH]c1=O. The Balaban J connectivity index is 1.71. The third-order valence-corrected chi connectivity index (χ3v) is 6.35. The monoisotopic (exact) mass is 493 g/mol. The molecule has 0 atom stereocenters. The second-order valence-electron chi connectivity index (χ2n) is 9.54. The minimum atomic E-state index is -0.657. The number of aromatic amines is 1. The molecule has 196 valence electrons. The van der Waals surface area contributed by atoms with Crippen molar-refractivity contribution in [1.82, 2.24) is 24.3 Å². The summed E-state index contributed by atoms with van der Waals surface area (Å²) in [6.45, 7) is 11.1. The maximum atomic E-state index is 13.4. The Morgan fingerprint density at radius 1 is 1.06 bits per heavy atom. The summed E-state index contributed by atoms with van der Waals surface area (Å²) in [4.78, 5) is 60.6. The average molecular weight is 494 g/mol. The summed E-state index contributed by atoms with van der Waals surface area (Å²) in [5.74, 6) is -0.163. The van der Waals surface area contributed by atoms with Crippen molar-refractivity contribution in [3.8, 4) is 0 Å². The Bertz CT molecular complexity index is 991. The summed E-state index contributed by atoms with van der Waals surface area (Å²) >= 11 is 0. The number of nitrogen functional groups attached to an aromatic ring is 1. The first-order valence-corrected chi connectivity index (χ1v) is 12.5. The number of unbranched alkanes of at least 4 members (excludes halogenated alkanes) is 1. The van der Waals surface area contributed by atoms with Gasteiger partial charge in [0, 0.05) is 52.4 Å². The Hall–Kier alpha value is -2.86. The van der Waals surface area contributed by atoms with Gasteiger partial charge < -0.3 is 25.2 Å². The van der Waals surface area contributed by atoms with Gasteiger partial charge in [-0.1, -0.05) is 27.2 Å². The van der Waals surface area contributed by atoms with Gasteiger partial charge in [-0.2, -0.15) is 0 Å². The van der Waals surface area contributed by atoms with E-state index in [1.807, 2.05) is 30.6 Å². The number of carbonyl (C=O) groups excluding carboxylic acids is 2. The highest BCUT2D eigenvalue weighted by atomic mass is 16.5. The molecule has 2 aliphatic rings. The molecule has 2 fully saturated rings. The molecule has 0 saturated carbocycles. The van der Waals surface area contributed by atoms with E-state index in [2.05, 4.69) is 4.98 Å². The third kappa shape index (κ3) is 6.63. The van der Waals surface area contributed by atoms with E-state index in [0.717, 1.165) is 12.8 Å². The van der Waals surface area contributed by atoms with E-state index in [1.54, 1.807) is 4.90 Å². The summed E-state index contributed by atoms with van der Waals surface area (Å²) in [7, 11) is 0. The molecule has 0 bridgehead atoms. The number of urea groups is 1. The molecule has 1 aromatic heterocycles. The van der Waals surface area contributed by atoms with Crippen LogP contribution in [0.15, 0.2) is 9.59 Å². The zero-order valence-electron chi connectivity index (χ0n) is 21.1. The van der Waals surface area contributed by atoms with Gasteiger partial charge in [-0.05, 0) is 12.3 Å². The number of ether oxygens (including phenoxy) is 1. The van der Waals surface area contributed by atoms with Crippen LogP contribution in [0.2, 0.25) is 0 Å². The summed E-state index contributed by atoms with van der Waals surface area (Å²) < 4.78 is 6.65. The van der Waals surface area contributed by atoms with Crippen LogP contribution in [0.5, 0.6) is 0 Å². The standard InChI is InChI=1S/C23H39N7O5/c1-4-5-6-29-20(24)19(21(32)25-22(29)33)30(15-17(2)3)18(31)16-26-7-9-27(10-8-26)23(34)28-11-13-35-14-12-28/h17H,4-16,24H2,1-3H3,(H,25,32,33). The second-order valence-corrected chi connectivity index (χ2v) is 9.54. The molecular weight excluding hydrogens is 454 g/mol. The fourth-order valence-electron chi connectivity index (χ4n) is 4.39. The minimum Gasteiger partial charge on any atom is -0.383 e. The van der Waals surface area contributed by atoms with Crippen LogP contribution in [-0.2, 0) is 16.1 Å². The first-order chi connectivity index (χ1) is 16.7. The number of nitrogens with zero attached hydrogens (tertiary/aromatic N) is 5. The van der Waals surface area contributed by atoms with Crippen LogP contribution in [0.1, 0.15) is 33.6 Å². The number of H-pyrrole nitrogens is 1. The lowest BCUT2D eigenvalue weighted by molar-refractivity contribution is -0.120. The number of hydrogen-bond acceptors (Lipinski definition) is 7. The predicted molar refractivity (Wildman–Crippen MR) is 134 cm³/mol. The Morgan fingerprint density at radius 3 is 2.29 bits per heavy atom. The number of nitrogens with one attached hydrogen (secondary N) is 1. The first kappa shape index (κ1) is 26.7. The largest absolute Gasteiger partial charge is 0.383 e. The van der Waals surface area contributed by atoms with E-state index in [9.17, 15) is 19.2 Å². The molecule has 3 heterocycles. The summed E-state index contributed by atoms with van der Waals surface area (Å²) in [6, 6.07) is 0.00866. The Labute approximate surface area is 205 Å². The van der Waals surface area contributed by atoms with Crippen molar-refractivity contribution in [2.75, 3.05) is 76.2 Å². The van der Waals surface area contributed by atoms with Gasteiger partial charge in [0.25, 0.3) is 5.56 Å². The molecule has 12 heteroatoms. The molecule has 2 aliphatic heterocycles. The zero-order chi connectivity index (χ0) is 25.5. The smallest absolute Gasteiger partial charge is 0.330 e. The molecule has 3 amide bonds. The second kappa shape index (κ2) is 12.2. The van der Waals surface area contributed by atoms with E-state index in [1.165, 1.54) is 9.47 Å². The molecule has 0 radical (unpaired) electrons. The van der Waals surface area contributed by atoms with Crippen molar-refractivity contribution in [3.05, 3.63) is 20.8 Å². The van der Waals surface area contributed by atoms with Crippen LogP contribution in [0, 0.1) is 5.92 Å². The highest BCUT2D eigenvalue weighted by Crippen LogP contribution is 2.19. The zero-order valence-corrected chi connectivity index (χ0v) is 21.1. The van der Waals surface area contributed by atoms with Gasteiger partial charge in [0.15, 0.2) is 5.69 Å². The van der Waals surface area contributed by atoms with Crippen molar-refractivity contribution in [2.45, 2.75) is 40.2 Å². The number of amides is 3.